The van der Waals surface area contributed by atoms with Gasteiger partial charge in [0.1, 0.15) is 17.4 Å². The van der Waals surface area contributed by atoms with Crippen molar-refractivity contribution in [2.24, 2.45) is 0 Å². The molecule has 3 rings (SSSR count). The lowest BCUT2D eigenvalue weighted by Gasteiger charge is -2.15. The number of amides is 2. The number of carbonyl (C=O) groups is 2. The summed E-state index contributed by atoms with van der Waals surface area (Å²) in [6.07, 6.45) is 0.828. The van der Waals surface area contributed by atoms with Crippen LogP contribution in [-0.4, -0.2) is 23.5 Å². The molecule has 1 heterocycles. The van der Waals surface area contributed by atoms with Gasteiger partial charge in [-0.15, -0.1) is 0 Å². The molecule has 0 saturated heterocycles. The third-order valence-electron chi connectivity index (χ3n) is 3.82. The van der Waals surface area contributed by atoms with Crippen molar-refractivity contribution in [3.8, 4) is 5.75 Å². The van der Waals surface area contributed by atoms with E-state index in [4.69, 9.17) is 4.74 Å². The highest BCUT2D eigenvalue weighted by atomic mass is 19.1. The van der Waals surface area contributed by atoms with Gasteiger partial charge in [0, 0.05) is 6.07 Å². The van der Waals surface area contributed by atoms with E-state index in [0.717, 1.165) is 24.6 Å². The van der Waals surface area contributed by atoms with Crippen molar-refractivity contribution in [3.05, 3.63) is 65.4 Å². The van der Waals surface area contributed by atoms with E-state index >= 15 is 0 Å². The molecule has 1 aliphatic heterocycles. The maximum Gasteiger partial charge on any atom is 0.301 e. The van der Waals surface area contributed by atoms with Gasteiger partial charge in [-0.05, 0) is 36.2 Å². The van der Waals surface area contributed by atoms with Gasteiger partial charge in [-0.2, -0.15) is 0 Å². The molecule has 1 N–H and O–H groups in total. The van der Waals surface area contributed by atoms with E-state index in [1.54, 1.807) is 12.1 Å². The summed E-state index contributed by atoms with van der Waals surface area (Å²) in [6.45, 7) is 2.48. The maximum atomic E-state index is 14.0. The van der Waals surface area contributed by atoms with Crippen LogP contribution in [-0.2, 0) is 9.59 Å². The Morgan fingerprint density at radius 1 is 1.04 bits per heavy atom. The Hall–Kier alpha value is -3.22. The first kappa shape index (κ1) is 17.6. The van der Waals surface area contributed by atoms with Gasteiger partial charge in [0.25, 0.3) is 5.91 Å². The van der Waals surface area contributed by atoms with Crippen molar-refractivity contribution < 1.29 is 28.2 Å². The highest BCUT2D eigenvalue weighted by Gasteiger charge is 2.41. The van der Waals surface area contributed by atoms with Crippen LogP contribution in [0.1, 0.15) is 18.9 Å². The predicted octanol–water partition coefficient (Wildman–Crippen LogP) is 3.60. The second kappa shape index (κ2) is 6.95. The number of rotatable bonds is 5. The van der Waals surface area contributed by atoms with E-state index in [-0.39, 0.29) is 11.1 Å². The van der Waals surface area contributed by atoms with E-state index in [0.29, 0.717) is 17.3 Å². The number of anilines is 1. The van der Waals surface area contributed by atoms with E-state index < -0.39 is 34.9 Å². The third-order valence-corrected chi connectivity index (χ3v) is 3.82. The van der Waals surface area contributed by atoms with Gasteiger partial charge in [-0.3, -0.25) is 9.59 Å². The van der Waals surface area contributed by atoms with Crippen LogP contribution in [0.3, 0.4) is 0 Å². The van der Waals surface area contributed by atoms with Gasteiger partial charge in [0.2, 0.25) is 0 Å². The van der Waals surface area contributed by atoms with Crippen LogP contribution in [0.5, 0.6) is 5.75 Å². The molecular weight excluding hydrogens is 344 g/mol. The van der Waals surface area contributed by atoms with Crippen LogP contribution in [0.15, 0.2) is 48.2 Å². The van der Waals surface area contributed by atoms with Gasteiger partial charge < -0.3 is 9.84 Å². The summed E-state index contributed by atoms with van der Waals surface area (Å²) in [6, 6.07) is 8.60. The quantitative estimate of drug-likeness (QED) is 0.829. The first-order valence-electron chi connectivity index (χ1n) is 7.94. The number of nitrogens with zero attached hydrogens (tertiary/aromatic N) is 1. The Morgan fingerprint density at radius 2 is 1.73 bits per heavy atom. The van der Waals surface area contributed by atoms with Crippen LogP contribution in [0.4, 0.5) is 14.5 Å². The van der Waals surface area contributed by atoms with Crippen molar-refractivity contribution in [1.29, 1.82) is 0 Å². The largest absolute Gasteiger partial charge is 0.502 e. The minimum absolute atomic E-state index is 0.268. The molecule has 0 fully saturated rings. The summed E-state index contributed by atoms with van der Waals surface area (Å²) in [4.78, 5) is 25.3. The molecule has 1 aliphatic rings. The summed E-state index contributed by atoms with van der Waals surface area (Å²) in [7, 11) is 0. The Bertz CT molecular complexity index is 906. The lowest BCUT2D eigenvalue weighted by atomic mass is 10.1. The minimum atomic E-state index is -1.11. The van der Waals surface area contributed by atoms with Gasteiger partial charge in [0.05, 0.1) is 17.9 Å². The SMILES string of the molecule is CCCOc1ccc(C2=C(O)C(=O)N(c3cc(F)ccc3F)C2=O)cc1. The van der Waals surface area contributed by atoms with E-state index in [2.05, 4.69) is 0 Å². The normalized spacial score (nSPS) is 14.3. The molecular formula is C19H15F2NO4. The molecule has 2 aromatic carbocycles. The van der Waals surface area contributed by atoms with E-state index in [1.165, 1.54) is 12.1 Å². The molecule has 134 valence electrons. The van der Waals surface area contributed by atoms with Crippen molar-refractivity contribution in [1.82, 2.24) is 0 Å². The Labute approximate surface area is 148 Å². The minimum Gasteiger partial charge on any atom is -0.502 e. The predicted molar refractivity (Wildman–Crippen MR) is 90.6 cm³/mol. The first-order chi connectivity index (χ1) is 12.4. The number of hydrogen-bond donors (Lipinski definition) is 1. The monoisotopic (exact) mass is 359 g/mol. The number of carbonyl (C=O) groups excluding carboxylic acids is 2. The fourth-order valence-corrected chi connectivity index (χ4v) is 2.59. The molecule has 0 aliphatic carbocycles. The topological polar surface area (TPSA) is 66.8 Å². The lowest BCUT2D eigenvalue weighted by Crippen LogP contribution is -2.32. The highest BCUT2D eigenvalue weighted by Crippen LogP contribution is 2.34. The molecule has 7 heteroatoms. The Kier molecular flexibility index (Phi) is 4.71. The zero-order valence-electron chi connectivity index (χ0n) is 13.8. The second-order valence-corrected chi connectivity index (χ2v) is 5.64. The van der Waals surface area contributed by atoms with Crippen LogP contribution < -0.4 is 9.64 Å². The molecule has 0 atom stereocenters. The molecule has 0 saturated carbocycles. The average molecular weight is 359 g/mol. The summed E-state index contributed by atoms with van der Waals surface area (Å²) in [5.41, 5.74) is -0.561. The van der Waals surface area contributed by atoms with Crippen molar-refractivity contribution in [3.63, 3.8) is 0 Å². The maximum absolute atomic E-state index is 14.0. The van der Waals surface area contributed by atoms with Crippen LogP contribution >= 0.6 is 0 Å². The number of halogens is 2. The lowest BCUT2D eigenvalue weighted by molar-refractivity contribution is -0.121. The molecule has 0 aromatic heterocycles. The number of imide groups is 1. The van der Waals surface area contributed by atoms with E-state index in [9.17, 15) is 23.5 Å². The molecule has 0 bridgehead atoms. The summed E-state index contributed by atoms with van der Waals surface area (Å²) >= 11 is 0. The zero-order valence-corrected chi connectivity index (χ0v) is 13.8. The van der Waals surface area contributed by atoms with Gasteiger partial charge in [-0.25, -0.2) is 13.7 Å². The smallest absolute Gasteiger partial charge is 0.301 e. The Morgan fingerprint density at radius 3 is 2.38 bits per heavy atom. The number of aliphatic hydroxyl groups is 1. The highest BCUT2D eigenvalue weighted by molar-refractivity contribution is 6.44. The van der Waals surface area contributed by atoms with E-state index in [1.807, 2.05) is 6.92 Å². The molecule has 2 aromatic rings. The number of ether oxygens (including phenoxy) is 1. The van der Waals surface area contributed by atoms with Crippen molar-refractivity contribution in [2.45, 2.75) is 13.3 Å². The van der Waals surface area contributed by atoms with Gasteiger partial charge >= 0.3 is 5.91 Å². The third kappa shape index (κ3) is 3.03. The number of aliphatic hydroxyl groups excluding tert-OH is 1. The first-order valence-corrected chi connectivity index (χ1v) is 7.94. The van der Waals surface area contributed by atoms with Crippen LogP contribution in [0, 0.1) is 11.6 Å². The average Bonchev–Trinajstić information content (AvgIpc) is 2.85. The van der Waals surface area contributed by atoms with Gasteiger partial charge in [-0.1, -0.05) is 19.1 Å². The zero-order chi connectivity index (χ0) is 18.8. The van der Waals surface area contributed by atoms with Crippen molar-refractivity contribution in [2.75, 3.05) is 11.5 Å². The molecule has 26 heavy (non-hydrogen) atoms. The molecule has 0 unspecified atom stereocenters. The Balaban J connectivity index is 1.95. The van der Waals surface area contributed by atoms with Crippen molar-refractivity contribution >= 4 is 23.1 Å². The number of benzene rings is 2. The fraction of sp³-hybridized carbons (Fsp3) is 0.158. The summed E-state index contributed by atoms with van der Waals surface area (Å²) in [5, 5.41) is 10.1. The van der Waals surface area contributed by atoms with Crippen LogP contribution in [0.25, 0.3) is 5.57 Å². The number of hydrogen-bond acceptors (Lipinski definition) is 4. The molecule has 5 nitrogen and oxygen atoms in total. The summed E-state index contributed by atoms with van der Waals surface area (Å²) < 4.78 is 32.8. The summed E-state index contributed by atoms with van der Waals surface area (Å²) in [5.74, 6) is -4.06. The molecule has 0 spiro atoms. The fourth-order valence-electron chi connectivity index (χ4n) is 2.59. The van der Waals surface area contributed by atoms with Crippen LogP contribution in [0.2, 0.25) is 0 Å². The second-order valence-electron chi connectivity index (χ2n) is 5.64. The standard InChI is InChI=1S/C19H15F2NO4/c1-2-9-26-13-6-3-11(4-7-13)16-17(23)19(25)22(18(16)24)15-10-12(20)5-8-14(15)21/h3-8,10,23H,2,9H2,1H3. The molecule has 2 amide bonds. The molecule has 0 radical (unpaired) electrons. The van der Waals surface area contributed by atoms with Gasteiger partial charge in [0.15, 0.2) is 5.76 Å².